The molecule has 0 heterocycles. The van der Waals surface area contributed by atoms with E-state index in [-0.39, 0.29) is 5.56 Å². The fourth-order valence-electron chi connectivity index (χ4n) is 1.65. The summed E-state index contributed by atoms with van der Waals surface area (Å²) in [6.07, 6.45) is 0.901. The van der Waals surface area contributed by atoms with E-state index in [0.717, 1.165) is 6.26 Å². The summed E-state index contributed by atoms with van der Waals surface area (Å²) in [6.45, 7) is 4.78. The van der Waals surface area contributed by atoms with Crippen molar-refractivity contribution in [1.82, 2.24) is 9.62 Å². The number of nitrogens with one attached hydrogen (secondary N) is 1. The Morgan fingerprint density at radius 2 is 1.67 bits per heavy atom. The molecule has 0 fully saturated rings. The number of carbonyl (C=O) groups excluding carboxylic acids is 2. The second-order valence-electron chi connectivity index (χ2n) is 5.74. The van der Waals surface area contributed by atoms with Crippen molar-refractivity contribution >= 4 is 21.8 Å². The lowest BCUT2D eigenvalue weighted by Gasteiger charge is -2.24. The summed E-state index contributed by atoms with van der Waals surface area (Å²) < 4.78 is 24.1. The summed E-state index contributed by atoms with van der Waals surface area (Å²) in [4.78, 5) is 24.1. The first-order valence-electron chi connectivity index (χ1n) is 6.39. The molecule has 0 spiro atoms. The van der Waals surface area contributed by atoms with Gasteiger partial charge in [-0.15, -0.1) is 0 Å². The van der Waals surface area contributed by atoms with Crippen molar-refractivity contribution in [3.8, 4) is 0 Å². The average molecular weight is 312 g/mol. The Bertz CT molecular complexity index is 618. The van der Waals surface area contributed by atoms with Crippen LogP contribution < -0.4 is 5.32 Å². The summed E-state index contributed by atoms with van der Waals surface area (Å²) in [5.74, 6) is -1.25. The smallest absolute Gasteiger partial charge is 0.267 e. The first-order valence-corrected chi connectivity index (χ1v) is 8.23. The minimum absolute atomic E-state index is 0.214. The molecule has 0 saturated heterocycles. The molecule has 0 atom stereocenters. The van der Waals surface area contributed by atoms with Crippen LogP contribution in [0, 0.1) is 0 Å². The number of sulfonamides is 1. The fraction of sp³-hybridized carbons (Fsp3) is 0.429. The standard InChI is InChI=1S/C14H20N2O4S/c1-14(2,3)15-12(17)10-16(21(4,19)20)13(18)11-8-6-5-7-9-11/h5-9H,10H2,1-4H3,(H,15,17). The molecule has 0 aromatic heterocycles. The Hall–Kier alpha value is -1.89. The molecule has 1 N–H and O–H groups in total. The highest BCUT2D eigenvalue weighted by Gasteiger charge is 2.28. The van der Waals surface area contributed by atoms with Crippen LogP contribution in [0.1, 0.15) is 31.1 Å². The molecule has 1 rings (SSSR count). The quantitative estimate of drug-likeness (QED) is 0.899. The fourth-order valence-corrected chi connectivity index (χ4v) is 2.41. The maximum absolute atomic E-state index is 12.3. The van der Waals surface area contributed by atoms with Crippen molar-refractivity contribution in [2.24, 2.45) is 0 Å². The van der Waals surface area contributed by atoms with Crippen molar-refractivity contribution in [3.63, 3.8) is 0 Å². The minimum Gasteiger partial charge on any atom is -0.350 e. The first-order chi connectivity index (χ1) is 9.50. The first kappa shape index (κ1) is 17.2. The maximum atomic E-state index is 12.3. The van der Waals surface area contributed by atoms with E-state index < -0.39 is 33.9 Å². The van der Waals surface area contributed by atoms with Gasteiger partial charge in [0.2, 0.25) is 15.9 Å². The zero-order valence-corrected chi connectivity index (χ0v) is 13.4. The molecule has 6 nitrogen and oxygen atoms in total. The summed E-state index contributed by atoms with van der Waals surface area (Å²) in [6, 6.07) is 7.98. The second-order valence-corrected chi connectivity index (χ2v) is 7.65. The molecule has 0 aliphatic heterocycles. The Morgan fingerprint density at radius 1 is 1.14 bits per heavy atom. The van der Waals surface area contributed by atoms with Gasteiger partial charge >= 0.3 is 0 Å². The van der Waals surface area contributed by atoms with Gasteiger partial charge in [-0.3, -0.25) is 9.59 Å². The number of hydrogen-bond donors (Lipinski definition) is 1. The van der Waals surface area contributed by atoms with Gasteiger partial charge in [0.05, 0.1) is 6.26 Å². The van der Waals surface area contributed by atoms with E-state index in [9.17, 15) is 18.0 Å². The molecule has 0 aliphatic carbocycles. The van der Waals surface area contributed by atoms with Gasteiger partial charge < -0.3 is 5.32 Å². The molecule has 0 aliphatic rings. The lowest BCUT2D eigenvalue weighted by atomic mass is 10.1. The summed E-state index contributed by atoms with van der Waals surface area (Å²) >= 11 is 0. The molecule has 0 bridgehead atoms. The van der Waals surface area contributed by atoms with Crippen LogP contribution in [0.2, 0.25) is 0 Å². The van der Waals surface area contributed by atoms with Gasteiger partial charge in [0.15, 0.2) is 0 Å². The van der Waals surface area contributed by atoms with E-state index in [4.69, 9.17) is 0 Å². The SMILES string of the molecule is CC(C)(C)NC(=O)CN(C(=O)c1ccccc1)S(C)(=O)=O. The van der Waals surface area contributed by atoms with Gasteiger partial charge in [-0.2, -0.15) is 0 Å². The van der Waals surface area contributed by atoms with Crippen LogP contribution in [0.15, 0.2) is 30.3 Å². The van der Waals surface area contributed by atoms with Crippen molar-refractivity contribution < 1.29 is 18.0 Å². The van der Waals surface area contributed by atoms with Gasteiger partial charge in [0, 0.05) is 11.1 Å². The molecule has 1 aromatic carbocycles. The molecule has 2 amide bonds. The number of rotatable bonds is 4. The van der Waals surface area contributed by atoms with Crippen molar-refractivity contribution in [1.29, 1.82) is 0 Å². The second kappa shape index (κ2) is 6.26. The largest absolute Gasteiger partial charge is 0.350 e. The third-order valence-corrected chi connectivity index (χ3v) is 3.54. The highest BCUT2D eigenvalue weighted by Crippen LogP contribution is 2.09. The summed E-state index contributed by atoms with van der Waals surface area (Å²) in [5.41, 5.74) is -0.290. The van der Waals surface area contributed by atoms with Gasteiger partial charge in [0.1, 0.15) is 6.54 Å². The Kier molecular flexibility index (Phi) is 5.11. The van der Waals surface area contributed by atoms with E-state index >= 15 is 0 Å². The molecular formula is C14H20N2O4S. The zero-order chi connectivity index (χ0) is 16.3. The highest BCUT2D eigenvalue weighted by atomic mass is 32.2. The van der Waals surface area contributed by atoms with Crippen LogP contribution in [-0.4, -0.2) is 42.9 Å². The molecular weight excluding hydrogens is 292 g/mol. The van der Waals surface area contributed by atoms with E-state index in [1.165, 1.54) is 12.1 Å². The molecule has 116 valence electrons. The van der Waals surface area contributed by atoms with Gasteiger partial charge in [-0.05, 0) is 32.9 Å². The number of nitrogens with zero attached hydrogens (tertiary/aromatic N) is 1. The number of benzene rings is 1. The van der Waals surface area contributed by atoms with E-state index in [1.54, 1.807) is 39.0 Å². The van der Waals surface area contributed by atoms with E-state index in [0.29, 0.717) is 4.31 Å². The molecule has 0 radical (unpaired) electrons. The molecule has 7 heteroatoms. The van der Waals surface area contributed by atoms with Crippen LogP contribution in [0.25, 0.3) is 0 Å². The van der Waals surface area contributed by atoms with E-state index in [1.807, 2.05) is 0 Å². The van der Waals surface area contributed by atoms with Crippen LogP contribution >= 0.6 is 0 Å². The number of hydrogen-bond acceptors (Lipinski definition) is 4. The monoisotopic (exact) mass is 312 g/mol. The Morgan fingerprint density at radius 3 is 2.10 bits per heavy atom. The lowest BCUT2D eigenvalue weighted by Crippen LogP contribution is -2.48. The lowest BCUT2D eigenvalue weighted by molar-refractivity contribution is -0.122. The predicted octanol–water partition coefficient (Wildman–Crippen LogP) is 1.00. The molecule has 1 aromatic rings. The summed E-state index contributed by atoms with van der Waals surface area (Å²) in [5, 5.41) is 2.63. The average Bonchev–Trinajstić information content (AvgIpc) is 2.33. The Labute approximate surface area is 125 Å². The summed E-state index contributed by atoms with van der Waals surface area (Å²) in [7, 11) is -3.84. The van der Waals surface area contributed by atoms with Crippen LogP contribution in [0.3, 0.4) is 0 Å². The predicted molar refractivity (Wildman–Crippen MR) is 80.2 cm³/mol. The van der Waals surface area contributed by atoms with Crippen LogP contribution in [0.5, 0.6) is 0 Å². The van der Waals surface area contributed by atoms with Gasteiger partial charge in [-0.25, -0.2) is 12.7 Å². The molecule has 0 unspecified atom stereocenters. The van der Waals surface area contributed by atoms with Crippen molar-refractivity contribution in [2.75, 3.05) is 12.8 Å². The van der Waals surface area contributed by atoms with Crippen molar-refractivity contribution in [2.45, 2.75) is 26.3 Å². The number of carbonyl (C=O) groups is 2. The van der Waals surface area contributed by atoms with Crippen LogP contribution in [0.4, 0.5) is 0 Å². The van der Waals surface area contributed by atoms with Gasteiger partial charge in [-0.1, -0.05) is 18.2 Å². The van der Waals surface area contributed by atoms with Crippen molar-refractivity contribution in [3.05, 3.63) is 35.9 Å². The minimum atomic E-state index is -3.84. The van der Waals surface area contributed by atoms with E-state index in [2.05, 4.69) is 5.32 Å². The molecule has 21 heavy (non-hydrogen) atoms. The van der Waals surface area contributed by atoms with Crippen LogP contribution in [-0.2, 0) is 14.8 Å². The maximum Gasteiger partial charge on any atom is 0.267 e. The molecule has 0 saturated carbocycles. The third-order valence-electron chi connectivity index (χ3n) is 2.45. The third kappa shape index (κ3) is 5.55. The number of amides is 2. The normalized spacial score (nSPS) is 11.8. The Balaban J connectivity index is 2.99. The van der Waals surface area contributed by atoms with Gasteiger partial charge in [0.25, 0.3) is 5.91 Å². The topological polar surface area (TPSA) is 83.6 Å². The highest BCUT2D eigenvalue weighted by molar-refractivity contribution is 7.88. The zero-order valence-electron chi connectivity index (χ0n) is 12.6.